The second-order valence-electron chi connectivity index (χ2n) is 4.59. The van der Waals surface area contributed by atoms with Gasteiger partial charge in [-0.2, -0.15) is 0 Å². The first kappa shape index (κ1) is 13.6. The van der Waals surface area contributed by atoms with Crippen LogP contribution in [0, 0.1) is 0 Å². The van der Waals surface area contributed by atoms with E-state index in [9.17, 15) is 4.79 Å². The van der Waals surface area contributed by atoms with E-state index in [1.165, 1.54) is 0 Å². The smallest absolute Gasteiger partial charge is 0.231 e. The van der Waals surface area contributed by atoms with Crippen molar-refractivity contribution in [2.45, 2.75) is 25.4 Å². The third-order valence-corrected chi connectivity index (χ3v) is 3.92. The zero-order valence-electron chi connectivity index (χ0n) is 10.2. The van der Waals surface area contributed by atoms with Gasteiger partial charge >= 0.3 is 0 Å². The molecule has 0 unspecified atom stereocenters. The van der Waals surface area contributed by atoms with Gasteiger partial charge in [-0.15, -0.1) is 0 Å². The Labute approximate surface area is 115 Å². The van der Waals surface area contributed by atoms with Crippen molar-refractivity contribution in [1.29, 1.82) is 0 Å². The largest absolute Gasteiger partial charge is 0.467 e. The monoisotopic (exact) mass is 315 g/mol. The standard InChI is InChI=1S/C12H18BrN3O2/c13-10-3-6-18-11(10)7-15-9-1-4-16(5-2-9)8-12(14)17/h3,6,9,15H,1-2,4-5,7-8H2,(H2,14,17). The topological polar surface area (TPSA) is 71.5 Å². The molecule has 2 heterocycles. The molecule has 1 aromatic rings. The molecule has 0 aromatic carbocycles. The molecular formula is C12H18BrN3O2. The molecule has 1 fully saturated rings. The maximum Gasteiger partial charge on any atom is 0.231 e. The van der Waals surface area contributed by atoms with E-state index >= 15 is 0 Å². The third kappa shape index (κ3) is 3.83. The van der Waals surface area contributed by atoms with Crippen LogP contribution in [0.2, 0.25) is 0 Å². The zero-order valence-corrected chi connectivity index (χ0v) is 11.8. The Morgan fingerprint density at radius 3 is 2.83 bits per heavy atom. The van der Waals surface area contributed by atoms with Crippen LogP contribution in [0.1, 0.15) is 18.6 Å². The number of hydrogen-bond acceptors (Lipinski definition) is 4. The Hall–Kier alpha value is -0.850. The molecule has 1 aliphatic rings. The summed E-state index contributed by atoms with van der Waals surface area (Å²) in [7, 11) is 0. The summed E-state index contributed by atoms with van der Waals surface area (Å²) in [6.07, 6.45) is 3.74. The number of furan rings is 1. The Balaban J connectivity index is 1.71. The van der Waals surface area contributed by atoms with Gasteiger partial charge in [0.15, 0.2) is 0 Å². The molecule has 0 spiro atoms. The lowest BCUT2D eigenvalue weighted by molar-refractivity contribution is -0.119. The molecule has 1 aromatic heterocycles. The number of carbonyl (C=O) groups is 1. The first-order valence-electron chi connectivity index (χ1n) is 6.11. The molecule has 0 atom stereocenters. The van der Waals surface area contributed by atoms with Crippen LogP contribution in [-0.4, -0.2) is 36.5 Å². The molecule has 0 saturated carbocycles. The molecule has 6 heteroatoms. The van der Waals surface area contributed by atoms with Crippen LogP contribution in [0.25, 0.3) is 0 Å². The molecule has 0 radical (unpaired) electrons. The Morgan fingerprint density at radius 1 is 1.56 bits per heavy atom. The molecule has 5 nitrogen and oxygen atoms in total. The highest BCUT2D eigenvalue weighted by atomic mass is 79.9. The second kappa shape index (κ2) is 6.36. The summed E-state index contributed by atoms with van der Waals surface area (Å²) in [6.45, 7) is 2.93. The van der Waals surface area contributed by atoms with E-state index < -0.39 is 0 Å². The summed E-state index contributed by atoms with van der Waals surface area (Å²) >= 11 is 3.43. The summed E-state index contributed by atoms with van der Waals surface area (Å²) in [4.78, 5) is 12.9. The normalized spacial score (nSPS) is 18.1. The van der Waals surface area contributed by atoms with E-state index in [1.54, 1.807) is 6.26 Å². The van der Waals surface area contributed by atoms with Crippen LogP contribution in [-0.2, 0) is 11.3 Å². The predicted octanol–water partition coefficient (Wildman–Crippen LogP) is 1.08. The summed E-state index contributed by atoms with van der Waals surface area (Å²) in [5, 5.41) is 3.47. The van der Waals surface area contributed by atoms with Crippen LogP contribution < -0.4 is 11.1 Å². The number of carbonyl (C=O) groups excluding carboxylic acids is 1. The highest BCUT2D eigenvalue weighted by molar-refractivity contribution is 9.10. The van der Waals surface area contributed by atoms with Gasteiger partial charge in [0.05, 0.1) is 23.8 Å². The number of piperidine rings is 1. The number of rotatable bonds is 5. The molecule has 0 aliphatic carbocycles. The van der Waals surface area contributed by atoms with Crippen molar-refractivity contribution in [2.75, 3.05) is 19.6 Å². The number of primary amides is 1. The van der Waals surface area contributed by atoms with E-state index in [-0.39, 0.29) is 5.91 Å². The summed E-state index contributed by atoms with van der Waals surface area (Å²) in [5.74, 6) is 0.676. The number of nitrogens with two attached hydrogens (primary N) is 1. The van der Waals surface area contributed by atoms with E-state index in [0.717, 1.165) is 42.7 Å². The van der Waals surface area contributed by atoms with Crippen LogP contribution in [0.5, 0.6) is 0 Å². The molecule has 2 rings (SSSR count). The minimum atomic E-state index is -0.249. The van der Waals surface area contributed by atoms with Crippen LogP contribution in [0.15, 0.2) is 21.2 Å². The van der Waals surface area contributed by atoms with Crippen LogP contribution >= 0.6 is 15.9 Å². The van der Waals surface area contributed by atoms with Gasteiger partial charge in [-0.05, 0) is 34.8 Å². The fourth-order valence-corrected chi connectivity index (χ4v) is 2.55. The fraction of sp³-hybridized carbons (Fsp3) is 0.583. The summed E-state index contributed by atoms with van der Waals surface area (Å²) < 4.78 is 6.35. The van der Waals surface area contributed by atoms with Gasteiger partial charge in [0.1, 0.15) is 5.76 Å². The van der Waals surface area contributed by atoms with Gasteiger partial charge in [-0.1, -0.05) is 0 Å². The minimum absolute atomic E-state index is 0.249. The van der Waals surface area contributed by atoms with Gasteiger partial charge < -0.3 is 15.5 Å². The first-order chi connectivity index (χ1) is 8.65. The van der Waals surface area contributed by atoms with Crippen LogP contribution in [0.4, 0.5) is 0 Å². The third-order valence-electron chi connectivity index (χ3n) is 3.21. The predicted molar refractivity (Wildman–Crippen MR) is 71.9 cm³/mol. The minimum Gasteiger partial charge on any atom is -0.467 e. The maximum atomic E-state index is 10.8. The molecule has 0 bridgehead atoms. The van der Waals surface area contributed by atoms with Crippen molar-refractivity contribution >= 4 is 21.8 Å². The van der Waals surface area contributed by atoms with Crippen molar-refractivity contribution in [3.63, 3.8) is 0 Å². The number of nitrogens with zero attached hydrogens (tertiary/aromatic N) is 1. The first-order valence-corrected chi connectivity index (χ1v) is 6.90. The Bertz CT molecular complexity index is 400. The summed E-state index contributed by atoms with van der Waals surface area (Å²) in [6, 6.07) is 2.37. The quantitative estimate of drug-likeness (QED) is 0.853. The fourth-order valence-electron chi connectivity index (χ4n) is 2.20. The van der Waals surface area contributed by atoms with Gasteiger partial charge in [-0.25, -0.2) is 0 Å². The SMILES string of the molecule is NC(=O)CN1CCC(NCc2occc2Br)CC1. The van der Waals surface area contributed by atoms with Crippen molar-refractivity contribution < 1.29 is 9.21 Å². The second-order valence-corrected chi connectivity index (χ2v) is 5.44. The lowest BCUT2D eigenvalue weighted by Crippen LogP contribution is -2.45. The lowest BCUT2D eigenvalue weighted by Gasteiger charge is -2.31. The van der Waals surface area contributed by atoms with Crippen molar-refractivity contribution in [3.8, 4) is 0 Å². The maximum absolute atomic E-state index is 10.8. The van der Waals surface area contributed by atoms with Gasteiger partial charge in [0, 0.05) is 19.1 Å². The highest BCUT2D eigenvalue weighted by Crippen LogP contribution is 2.18. The molecule has 1 aliphatic heterocycles. The average molecular weight is 316 g/mol. The van der Waals surface area contributed by atoms with Crippen molar-refractivity contribution in [2.24, 2.45) is 5.73 Å². The molecule has 1 amide bonds. The highest BCUT2D eigenvalue weighted by Gasteiger charge is 2.20. The van der Waals surface area contributed by atoms with Gasteiger partial charge in [-0.3, -0.25) is 9.69 Å². The van der Waals surface area contributed by atoms with Gasteiger partial charge in [0.25, 0.3) is 0 Å². The molecule has 100 valence electrons. The Morgan fingerprint density at radius 2 is 2.28 bits per heavy atom. The Kier molecular flexibility index (Phi) is 4.79. The number of hydrogen-bond donors (Lipinski definition) is 2. The number of likely N-dealkylation sites (tertiary alicyclic amines) is 1. The number of nitrogens with one attached hydrogen (secondary N) is 1. The lowest BCUT2D eigenvalue weighted by atomic mass is 10.1. The number of halogens is 1. The van der Waals surface area contributed by atoms with E-state index in [4.69, 9.17) is 10.2 Å². The van der Waals surface area contributed by atoms with Gasteiger partial charge in [0.2, 0.25) is 5.91 Å². The molecule has 1 saturated heterocycles. The van der Waals surface area contributed by atoms with E-state index in [2.05, 4.69) is 26.1 Å². The van der Waals surface area contributed by atoms with Crippen LogP contribution in [0.3, 0.4) is 0 Å². The molecule has 3 N–H and O–H groups in total. The average Bonchev–Trinajstić information content (AvgIpc) is 2.73. The van der Waals surface area contributed by atoms with Crippen molar-refractivity contribution in [3.05, 3.63) is 22.6 Å². The summed E-state index contributed by atoms with van der Waals surface area (Å²) in [5.41, 5.74) is 5.18. The zero-order chi connectivity index (χ0) is 13.0. The van der Waals surface area contributed by atoms with E-state index in [1.807, 2.05) is 6.07 Å². The van der Waals surface area contributed by atoms with E-state index in [0.29, 0.717) is 12.6 Å². The number of amides is 1. The van der Waals surface area contributed by atoms with Crippen molar-refractivity contribution in [1.82, 2.24) is 10.2 Å². The molecular weight excluding hydrogens is 298 g/mol. The molecule has 18 heavy (non-hydrogen) atoms.